The van der Waals surface area contributed by atoms with Gasteiger partial charge in [-0.05, 0) is 31.1 Å². The average Bonchev–Trinajstić information content (AvgIpc) is 3.10. The first-order chi connectivity index (χ1) is 9.10. The minimum Gasteiger partial charge on any atom is -0.464 e. The Balaban J connectivity index is 1.95. The molecule has 19 heavy (non-hydrogen) atoms. The largest absolute Gasteiger partial charge is 0.464 e. The number of methoxy groups -OCH3 is 1. The van der Waals surface area contributed by atoms with Crippen molar-refractivity contribution >= 4 is 23.1 Å². The Labute approximate surface area is 116 Å². The molecule has 5 heteroatoms. The van der Waals surface area contributed by atoms with Crippen LogP contribution in [0, 0.1) is 11.8 Å². The normalized spacial score (nSPS) is 28.6. The Morgan fingerprint density at radius 1 is 1.32 bits per heavy atom. The van der Waals surface area contributed by atoms with Crippen molar-refractivity contribution < 1.29 is 14.3 Å². The minimum absolute atomic E-state index is 0.104. The summed E-state index contributed by atoms with van der Waals surface area (Å²) in [6.45, 7) is 1.48. The number of esters is 1. The second-order valence-corrected chi connectivity index (χ2v) is 6.59. The Morgan fingerprint density at radius 2 is 2.11 bits per heavy atom. The quantitative estimate of drug-likeness (QED) is 0.630. The first-order valence-corrected chi connectivity index (χ1v) is 7.51. The van der Waals surface area contributed by atoms with Crippen LogP contribution >= 0.6 is 11.3 Å². The number of fused-ring (bicyclic) bond motifs is 2. The van der Waals surface area contributed by atoms with E-state index in [1.54, 1.807) is 0 Å². The van der Waals surface area contributed by atoms with Crippen LogP contribution in [-0.4, -0.2) is 23.8 Å². The van der Waals surface area contributed by atoms with E-state index < -0.39 is 5.97 Å². The maximum absolute atomic E-state index is 11.7. The minimum atomic E-state index is -0.504. The van der Waals surface area contributed by atoms with E-state index in [0.717, 1.165) is 17.3 Å². The highest BCUT2D eigenvalue weighted by atomic mass is 32.1. The van der Waals surface area contributed by atoms with E-state index in [0.29, 0.717) is 16.7 Å². The third-order valence-corrected chi connectivity index (χ3v) is 5.69. The molecular formula is C14H17NO3S. The van der Waals surface area contributed by atoms with Crippen LogP contribution in [0.4, 0.5) is 0 Å². The number of carbonyl (C=O) groups is 2. The number of aromatic nitrogens is 1. The van der Waals surface area contributed by atoms with Crippen LogP contribution in [0.2, 0.25) is 0 Å². The summed E-state index contributed by atoms with van der Waals surface area (Å²) in [6.07, 6.45) is 5.04. The lowest BCUT2D eigenvalue weighted by molar-refractivity contribution is 0.0591. The van der Waals surface area contributed by atoms with Gasteiger partial charge in [0.05, 0.1) is 12.1 Å². The van der Waals surface area contributed by atoms with Crippen molar-refractivity contribution in [2.45, 2.75) is 38.5 Å². The van der Waals surface area contributed by atoms with Gasteiger partial charge in [-0.1, -0.05) is 6.42 Å². The van der Waals surface area contributed by atoms with Crippen LogP contribution in [0.5, 0.6) is 0 Å². The molecule has 2 saturated carbocycles. The smallest absolute Gasteiger partial charge is 0.358 e. The summed E-state index contributed by atoms with van der Waals surface area (Å²) in [6, 6.07) is 0. The molecule has 0 radical (unpaired) electrons. The molecule has 2 aliphatic rings. The van der Waals surface area contributed by atoms with Crippen LogP contribution < -0.4 is 0 Å². The summed E-state index contributed by atoms with van der Waals surface area (Å²) < 4.78 is 4.72. The maximum atomic E-state index is 11.7. The molecule has 1 heterocycles. The summed E-state index contributed by atoms with van der Waals surface area (Å²) in [4.78, 5) is 28.2. The van der Waals surface area contributed by atoms with E-state index in [1.807, 2.05) is 0 Å². The summed E-state index contributed by atoms with van der Waals surface area (Å²) in [5.74, 6) is 1.35. The number of nitrogens with zero attached hydrogens (tertiary/aromatic N) is 1. The summed E-state index contributed by atoms with van der Waals surface area (Å²) in [5.41, 5.74) is 0.206. The highest BCUT2D eigenvalue weighted by Crippen LogP contribution is 2.53. The molecule has 0 spiro atoms. The van der Waals surface area contributed by atoms with Gasteiger partial charge in [-0.15, -0.1) is 11.3 Å². The van der Waals surface area contributed by atoms with Crippen molar-refractivity contribution in [1.29, 1.82) is 0 Å². The standard InChI is InChI=1S/C14H17NO3S/c1-7(16)12-11(14(17)18-2)15-13(19-12)10-6-8-3-4-9(10)5-8/h8-10H,3-6H2,1-2H3. The van der Waals surface area contributed by atoms with Gasteiger partial charge in [0.1, 0.15) is 4.88 Å². The van der Waals surface area contributed by atoms with Crippen molar-refractivity contribution in [3.8, 4) is 0 Å². The van der Waals surface area contributed by atoms with Crippen LogP contribution in [0.25, 0.3) is 0 Å². The number of ketones is 1. The van der Waals surface area contributed by atoms with E-state index in [1.165, 1.54) is 44.6 Å². The SMILES string of the molecule is COC(=O)c1nc(C2CC3CCC2C3)sc1C(C)=O. The van der Waals surface area contributed by atoms with Crippen molar-refractivity contribution in [2.24, 2.45) is 11.8 Å². The number of ether oxygens (including phenoxy) is 1. The summed E-state index contributed by atoms with van der Waals surface area (Å²) >= 11 is 1.39. The van der Waals surface area contributed by atoms with Crippen molar-refractivity contribution in [1.82, 2.24) is 4.98 Å². The van der Waals surface area contributed by atoms with Crippen LogP contribution in [0.3, 0.4) is 0 Å². The number of carbonyl (C=O) groups excluding carboxylic acids is 2. The molecule has 2 fully saturated rings. The fourth-order valence-electron chi connectivity index (χ4n) is 3.52. The predicted octanol–water partition coefficient (Wildman–Crippen LogP) is 3.04. The molecule has 3 atom stereocenters. The third kappa shape index (κ3) is 2.10. The Hall–Kier alpha value is -1.23. The number of thiazole rings is 1. The number of rotatable bonds is 3. The summed E-state index contributed by atoms with van der Waals surface area (Å²) in [7, 11) is 1.32. The molecule has 0 saturated heterocycles. The van der Waals surface area contributed by atoms with Gasteiger partial charge in [0, 0.05) is 12.8 Å². The zero-order chi connectivity index (χ0) is 13.6. The van der Waals surface area contributed by atoms with E-state index >= 15 is 0 Å². The Morgan fingerprint density at radius 3 is 2.63 bits per heavy atom. The molecule has 1 aromatic heterocycles. The van der Waals surface area contributed by atoms with E-state index in [9.17, 15) is 9.59 Å². The predicted molar refractivity (Wildman–Crippen MR) is 71.6 cm³/mol. The van der Waals surface area contributed by atoms with Gasteiger partial charge >= 0.3 is 5.97 Å². The maximum Gasteiger partial charge on any atom is 0.358 e. The lowest BCUT2D eigenvalue weighted by Gasteiger charge is -2.18. The molecule has 3 rings (SSSR count). The van der Waals surface area contributed by atoms with Gasteiger partial charge in [0.25, 0.3) is 0 Å². The van der Waals surface area contributed by atoms with E-state index in [4.69, 9.17) is 4.74 Å². The van der Waals surface area contributed by atoms with Gasteiger partial charge in [-0.2, -0.15) is 0 Å². The van der Waals surface area contributed by atoms with Crippen LogP contribution in [0.15, 0.2) is 0 Å². The van der Waals surface area contributed by atoms with Crippen LogP contribution in [-0.2, 0) is 4.74 Å². The lowest BCUT2D eigenvalue weighted by atomic mass is 9.89. The second-order valence-electron chi connectivity index (χ2n) is 5.56. The number of hydrogen-bond donors (Lipinski definition) is 0. The fourth-order valence-corrected chi connectivity index (χ4v) is 4.67. The second kappa shape index (κ2) is 4.71. The lowest BCUT2D eigenvalue weighted by Crippen LogP contribution is -2.10. The number of Topliss-reactive ketones (excluding diaryl/α,β-unsaturated/α-hetero) is 1. The molecule has 2 bridgehead atoms. The molecule has 0 N–H and O–H groups in total. The van der Waals surface area contributed by atoms with Crippen molar-refractivity contribution in [3.63, 3.8) is 0 Å². The molecule has 0 amide bonds. The zero-order valence-electron chi connectivity index (χ0n) is 11.1. The molecule has 102 valence electrons. The van der Waals surface area contributed by atoms with Gasteiger partial charge in [0.2, 0.25) is 0 Å². The third-order valence-electron chi connectivity index (χ3n) is 4.40. The molecule has 1 aromatic rings. The molecular weight excluding hydrogens is 262 g/mol. The van der Waals surface area contributed by atoms with E-state index in [2.05, 4.69) is 4.98 Å². The molecule has 4 nitrogen and oxygen atoms in total. The Bertz CT molecular complexity index is 537. The molecule has 2 aliphatic carbocycles. The monoisotopic (exact) mass is 279 g/mol. The van der Waals surface area contributed by atoms with Gasteiger partial charge in [-0.25, -0.2) is 9.78 Å². The molecule has 0 aliphatic heterocycles. The zero-order valence-corrected chi connectivity index (χ0v) is 12.0. The fraction of sp³-hybridized carbons (Fsp3) is 0.643. The van der Waals surface area contributed by atoms with Crippen molar-refractivity contribution in [2.75, 3.05) is 7.11 Å². The average molecular weight is 279 g/mol. The van der Waals surface area contributed by atoms with Gasteiger partial charge in [-0.3, -0.25) is 4.79 Å². The Kier molecular flexibility index (Phi) is 3.17. The molecule has 3 unspecified atom stereocenters. The topological polar surface area (TPSA) is 56.3 Å². The van der Waals surface area contributed by atoms with E-state index in [-0.39, 0.29) is 11.5 Å². The van der Waals surface area contributed by atoms with Gasteiger partial charge in [0.15, 0.2) is 11.5 Å². The highest BCUT2D eigenvalue weighted by Gasteiger charge is 2.42. The highest BCUT2D eigenvalue weighted by molar-refractivity contribution is 7.14. The first-order valence-electron chi connectivity index (χ1n) is 6.70. The molecule has 0 aromatic carbocycles. The summed E-state index contributed by atoms with van der Waals surface area (Å²) in [5, 5.41) is 0.956. The van der Waals surface area contributed by atoms with Crippen LogP contribution in [0.1, 0.15) is 63.7 Å². The van der Waals surface area contributed by atoms with Crippen molar-refractivity contribution in [3.05, 3.63) is 15.6 Å². The number of hydrogen-bond acceptors (Lipinski definition) is 5. The van der Waals surface area contributed by atoms with Gasteiger partial charge < -0.3 is 4.74 Å². The first kappa shape index (κ1) is 12.8.